The van der Waals surface area contributed by atoms with Crippen LogP contribution in [0.1, 0.15) is 47.1 Å². The predicted octanol–water partition coefficient (Wildman–Crippen LogP) is 5.71. The summed E-state index contributed by atoms with van der Waals surface area (Å²) in [6, 6.07) is 16.1. The Labute approximate surface area is 183 Å². The fraction of sp³-hybridized carbons (Fsp3) is 0.250. The van der Waals surface area contributed by atoms with Gasteiger partial charge in [-0.1, -0.05) is 45.4 Å². The lowest BCUT2D eigenvalue weighted by Crippen LogP contribution is -2.29. The molecule has 0 amide bonds. The number of methoxy groups -OCH3 is 1. The van der Waals surface area contributed by atoms with Gasteiger partial charge in [0.05, 0.1) is 18.4 Å². The minimum absolute atomic E-state index is 0.116. The maximum atomic E-state index is 13.4. The molecule has 30 heavy (non-hydrogen) atoms. The first kappa shape index (κ1) is 19.1. The topological polar surface area (TPSA) is 64.4 Å². The number of anilines is 1. The highest BCUT2D eigenvalue weighted by molar-refractivity contribution is 9.10. The Hall–Kier alpha value is -2.86. The van der Waals surface area contributed by atoms with Gasteiger partial charge in [-0.05, 0) is 54.7 Å². The molecular formula is C24H21BrN2O3. The van der Waals surface area contributed by atoms with E-state index in [-0.39, 0.29) is 17.6 Å². The van der Waals surface area contributed by atoms with Gasteiger partial charge in [0.2, 0.25) is 5.88 Å². The summed E-state index contributed by atoms with van der Waals surface area (Å²) in [6.07, 6.45) is 1.24. The molecule has 5 nitrogen and oxygen atoms in total. The number of nitrogens with zero attached hydrogens (tertiary/aromatic N) is 1. The molecule has 2 atom stereocenters. The number of carbonyl (C=O) groups is 1. The minimum Gasteiger partial charge on any atom is -0.497 e. The van der Waals surface area contributed by atoms with Crippen LogP contribution >= 0.6 is 15.9 Å². The van der Waals surface area contributed by atoms with Crippen molar-refractivity contribution in [1.82, 2.24) is 5.16 Å². The van der Waals surface area contributed by atoms with Gasteiger partial charge < -0.3 is 14.6 Å². The van der Waals surface area contributed by atoms with Crippen molar-refractivity contribution in [2.45, 2.75) is 31.6 Å². The number of hydrogen-bond acceptors (Lipinski definition) is 5. The Balaban J connectivity index is 1.58. The number of aromatic nitrogens is 1. The number of ether oxygens (including phenoxy) is 1. The van der Waals surface area contributed by atoms with Gasteiger partial charge in [-0.2, -0.15) is 0 Å². The molecule has 1 aliphatic carbocycles. The van der Waals surface area contributed by atoms with E-state index in [1.165, 1.54) is 0 Å². The largest absolute Gasteiger partial charge is 0.497 e. The summed E-state index contributed by atoms with van der Waals surface area (Å²) in [6.45, 7) is 1.93. The highest BCUT2D eigenvalue weighted by Gasteiger charge is 2.41. The number of allylic oxidation sites excluding steroid dienone is 2. The molecule has 1 aromatic heterocycles. The number of hydrogen-bond donors (Lipinski definition) is 1. The van der Waals surface area contributed by atoms with Crippen LogP contribution in [0.3, 0.4) is 0 Å². The van der Waals surface area contributed by atoms with E-state index in [9.17, 15) is 4.79 Å². The number of carbonyl (C=O) groups excluding carboxylic acids is 1. The Morgan fingerprint density at radius 2 is 1.77 bits per heavy atom. The summed E-state index contributed by atoms with van der Waals surface area (Å²) in [5, 5.41) is 7.55. The van der Waals surface area contributed by atoms with E-state index in [1.807, 2.05) is 43.3 Å². The van der Waals surface area contributed by atoms with Gasteiger partial charge in [-0.15, -0.1) is 0 Å². The molecule has 0 spiro atoms. The number of halogens is 1. The van der Waals surface area contributed by atoms with Crippen molar-refractivity contribution in [2.24, 2.45) is 0 Å². The quantitative estimate of drug-likeness (QED) is 0.537. The molecule has 3 aromatic rings. The Bertz CT molecular complexity index is 1150. The minimum atomic E-state index is -0.167. The molecule has 2 heterocycles. The van der Waals surface area contributed by atoms with Gasteiger partial charge in [-0.25, -0.2) is 0 Å². The van der Waals surface area contributed by atoms with Crippen LogP contribution in [0.15, 0.2) is 68.8 Å². The Kier molecular flexibility index (Phi) is 4.74. The zero-order valence-corrected chi connectivity index (χ0v) is 18.3. The predicted molar refractivity (Wildman–Crippen MR) is 118 cm³/mol. The van der Waals surface area contributed by atoms with Crippen LogP contribution in [0.2, 0.25) is 0 Å². The van der Waals surface area contributed by atoms with Crippen molar-refractivity contribution in [1.29, 1.82) is 0 Å². The van der Waals surface area contributed by atoms with Gasteiger partial charge in [0, 0.05) is 28.1 Å². The Morgan fingerprint density at radius 3 is 2.47 bits per heavy atom. The molecule has 5 rings (SSSR count). The summed E-state index contributed by atoms with van der Waals surface area (Å²) in [5.74, 6) is 1.57. The van der Waals surface area contributed by atoms with Crippen molar-refractivity contribution >= 4 is 27.6 Å². The molecule has 6 heteroatoms. The van der Waals surface area contributed by atoms with Gasteiger partial charge in [0.15, 0.2) is 5.78 Å². The van der Waals surface area contributed by atoms with Crippen LogP contribution < -0.4 is 10.1 Å². The lowest BCUT2D eigenvalue weighted by atomic mass is 9.72. The summed E-state index contributed by atoms with van der Waals surface area (Å²) in [5.41, 5.74) is 5.73. The summed E-state index contributed by atoms with van der Waals surface area (Å²) < 4.78 is 11.9. The SMILES string of the molecule is COc1ccc([C@@H]2CC(=O)C3=C(C2)Nc2onc(C)c2[C@@H]3c2ccc(Br)cc2)cc1. The third-order valence-corrected chi connectivity index (χ3v) is 6.58. The first-order valence-electron chi connectivity index (χ1n) is 9.94. The zero-order valence-electron chi connectivity index (χ0n) is 16.7. The normalized spacial score (nSPS) is 20.4. The second-order valence-electron chi connectivity index (χ2n) is 7.81. The standard InChI is InChI=1S/C24H21BrN2O3/c1-13-21-22(15-3-7-17(25)8-4-15)23-19(26-24(21)30-27-13)11-16(12-20(23)28)14-5-9-18(29-2)10-6-14/h3-10,16,22,26H,11-12H2,1-2H3/t16-,22-/m0/s1. The zero-order chi connectivity index (χ0) is 20.8. The average molecular weight is 465 g/mol. The molecule has 1 aliphatic heterocycles. The summed E-state index contributed by atoms with van der Waals surface area (Å²) >= 11 is 3.50. The van der Waals surface area contributed by atoms with Crippen LogP contribution in [0.25, 0.3) is 0 Å². The van der Waals surface area contributed by atoms with Crippen LogP contribution in [0.5, 0.6) is 5.75 Å². The summed E-state index contributed by atoms with van der Waals surface area (Å²) in [4.78, 5) is 13.4. The summed E-state index contributed by atoms with van der Waals surface area (Å²) in [7, 11) is 1.65. The second-order valence-corrected chi connectivity index (χ2v) is 8.73. The first-order valence-corrected chi connectivity index (χ1v) is 10.7. The van der Waals surface area contributed by atoms with Crippen molar-refractivity contribution in [2.75, 3.05) is 12.4 Å². The maximum Gasteiger partial charge on any atom is 0.233 e. The van der Waals surface area contributed by atoms with E-state index in [1.54, 1.807) is 7.11 Å². The highest BCUT2D eigenvalue weighted by atomic mass is 79.9. The van der Waals surface area contributed by atoms with E-state index in [4.69, 9.17) is 9.26 Å². The molecular weight excluding hydrogens is 444 g/mol. The van der Waals surface area contributed by atoms with E-state index in [0.29, 0.717) is 12.3 Å². The molecule has 2 aliphatic rings. The van der Waals surface area contributed by atoms with E-state index in [2.05, 4.69) is 38.5 Å². The van der Waals surface area contributed by atoms with Gasteiger partial charge >= 0.3 is 0 Å². The van der Waals surface area contributed by atoms with Crippen molar-refractivity contribution in [3.63, 3.8) is 0 Å². The Morgan fingerprint density at radius 1 is 1.07 bits per heavy atom. The molecule has 152 valence electrons. The lowest BCUT2D eigenvalue weighted by Gasteiger charge is -2.34. The highest BCUT2D eigenvalue weighted by Crippen LogP contribution is 2.49. The molecule has 0 radical (unpaired) electrons. The fourth-order valence-electron chi connectivity index (χ4n) is 4.57. The van der Waals surface area contributed by atoms with E-state index >= 15 is 0 Å². The first-order chi connectivity index (χ1) is 14.5. The fourth-order valence-corrected chi connectivity index (χ4v) is 4.84. The number of benzene rings is 2. The van der Waals surface area contributed by atoms with Crippen LogP contribution in [0, 0.1) is 6.92 Å². The monoisotopic (exact) mass is 464 g/mol. The number of fused-ring (bicyclic) bond motifs is 1. The average Bonchev–Trinajstić information content (AvgIpc) is 3.13. The second kappa shape index (κ2) is 7.43. The van der Waals surface area contributed by atoms with Crippen molar-refractivity contribution in [3.05, 3.63) is 86.7 Å². The smallest absolute Gasteiger partial charge is 0.233 e. The van der Waals surface area contributed by atoms with Gasteiger partial charge in [0.25, 0.3) is 0 Å². The molecule has 2 aromatic carbocycles. The van der Waals surface area contributed by atoms with Crippen molar-refractivity contribution < 1.29 is 14.1 Å². The third-order valence-electron chi connectivity index (χ3n) is 6.05. The molecule has 1 N–H and O–H groups in total. The molecule has 0 fully saturated rings. The van der Waals surface area contributed by atoms with Crippen LogP contribution in [-0.4, -0.2) is 18.0 Å². The third kappa shape index (κ3) is 3.16. The molecule has 0 saturated heterocycles. The van der Waals surface area contributed by atoms with Crippen molar-refractivity contribution in [3.8, 4) is 5.75 Å². The maximum absolute atomic E-state index is 13.4. The number of rotatable bonds is 3. The molecule has 0 bridgehead atoms. The number of nitrogens with one attached hydrogen (secondary N) is 1. The molecule has 0 unspecified atom stereocenters. The van der Waals surface area contributed by atoms with Gasteiger partial charge in [-0.3, -0.25) is 4.79 Å². The van der Waals surface area contributed by atoms with E-state index in [0.717, 1.165) is 50.3 Å². The lowest BCUT2D eigenvalue weighted by molar-refractivity contribution is -0.116. The van der Waals surface area contributed by atoms with Crippen LogP contribution in [0.4, 0.5) is 5.88 Å². The number of Topliss-reactive ketones (excluding diaryl/α,β-unsaturated/α-hetero) is 1. The molecule has 0 saturated carbocycles. The number of ketones is 1. The van der Waals surface area contributed by atoms with E-state index < -0.39 is 0 Å². The van der Waals surface area contributed by atoms with Gasteiger partial charge in [0.1, 0.15) is 5.75 Å². The van der Waals surface area contributed by atoms with Crippen LogP contribution in [-0.2, 0) is 4.79 Å². The number of aryl methyl sites for hydroxylation is 1.